The first-order valence-corrected chi connectivity index (χ1v) is 13.2. The number of nitrogens with one attached hydrogen (secondary N) is 1. The van der Waals surface area contributed by atoms with Crippen molar-refractivity contribution in [3.05, 3.63) is 131 Å². The summed E-state index contributed by atoms with van der Waals surface area (Å²) in [4.78, 5) is 53.7. The lowest BCUT2D eigenvalue weighted by atomic mass is 9.55. The highest BCUT2D eigenvalue weighted by Gasteiger charge is 2.61. The zero-order valence-corrected chi connectivity index (χ0v) is 21.3. The molecular formula is C33H24N2O5. The SMILES string of the molecule is O=C(COC(=O)c1ccc(N2C(=O)[C@@H]3C4c5ccccc5C(c5ccccc54)[C@H]3C2=O)cc1)Nc1ccccc1. The molecule has 0 spiro atoms. The highest BCUT2D eigenvalue weighted by Crippen LogP contribution is 2.61. The topological polar surface area (TPSA) is 92.8 Å². The van der Waals surface area contributed by atoms with E-state index < -0.39 is 30.3 Å². The molecule has 4 aliphatic rings. The van der Waals surface area contributed by atoms with Crippen LogP contribution in [0.15, 0.2) is 103 Å². The first-order valence-electron chi connectivity index (χ1n) is 13.2. The van der Waals surface area contributed by atoms with Crippen LogP contribution in [0.2, 0.25) is 0 Å². The molecule has 0 unspecified atom stereocenters. The van der Waals surface area contributed by atoms with Crippen LogP contribution in [-0.4, -0.2) is 30.3 Å². The third-order valence-electron chi connectivity index (χ3n) is 8.20. The molecule has 7 nitrogen and oxygen atoms in total. The molecule has 2 atom stereocenters. The van der Waals surface area contributed by atoms with Gasteiger partial charge in [0.1, 0.15) is 0 Å². The molecule has 40 heavy (non-hydrogen) atoms. The number of hydrogen-bond acceptors (Lipinski definition) is 5. The van der Waals surface area contributed by atoms with Crippen molar-refractivity contribution in [2.75, 3.05) is 16.8 Å². The maximum Gasteiger partial charge on any atom is 0.338 e. The van der Waals surface area contributed by atoms with Crippen LogP contribution in [0.1, 0.15) is 44.4 Å². The van der Waals surface area contributed by atoms with Crippen LogP contribution >= 0.6 is 0 Å². The maximum absolute atomic E-state index is 13.9. The summed E-state index contributed by atoms with van der Waals surface area (Å²) in [7, 11) is 0. The second-order valence-electron chi connectivity index (χ2n) is 10.3. The fourth-order valence-electron chi connectivity index (χ4n) is 6.61. The normalized spacial score (nSPS) is 21.9. The van der Waals surface area contributed by atoms with E-state index in [1.807, 2.05) is 30.3 Å². The minimum Gasteiger partial charge on any atom is -0.452 e. The highest BCUT2D eigenvalue weighted by atomic mass is 16.5. The van der Waals surface area contributed by atoms with Crippen molar-refractivity contribution in [2.45, 2.75) is 11.8 Å². The predicted molar refractivity (Wildman–Crippen MR) is 148 cm³/mol. The number of rotatable bonds is 5. The van der Waals surface area contributed by atoms with Crippen molar-refractivity contribution in [3.8, 4) is 0 Å². The summed E-state index contributed by atoms with van der Waals surface area (Å²) in [5.41, 5.74) is 5.69. The van der Waals surface area contributed by atoms with Crippen LogP contribution in [0.3, 0.4) is 0 Å². The Morgan fingerprint density at radius 1 is 0.650 bits per heavy atom. The number of esters is 1. The minimum absolute atomic E-state index is 0.180. The third-order valence-corrected chi connectivity index (χ3v) is 8.20. The average Bonchev–Trinajstić information content (AvgIpc) is 3.26. The Morgan fingerprint density at radius 2 is 1.12 bits per heavy atom. The van der Waals surface area contributed by atoms with Gasteiger partial charge in [-0.25, -0.2) is 9.69 Å². The number of amides is 3. The second-order valence-corrected chi connectivity index (χ2v) is 10.3. The largest absolute Gasteiger partial charge is 0.452 e. The molecule has 3 aliphatic carbocycles. The van der Waals surface area contributed by atoms with E-state index in [0.29, 0.717) is 11.4 Å². The summed E-state index contributed by atoms with van der Waals surface area (Å²) < 4.78 is 5.16. The third kappa shape index (κ3) is 3.66. The Bertz CT molecular complexity index is 1570. The van der Waals surface area contributed by atoms with E-state index in [1.54, 1.807) is 36.4 Å². The van der Waals surface area contributed by atoms with Gasteiger partial charge in [0.25, 0.3) is 5.91 Å². The van der Waals surface area contributed by atoms with Gasteiger partial charge in [0.05, 0.1) is 23.1 Å². The van der Waals surface area contributed by atoms with E-state index in [1.165, 1.54) is 17.0 Å². The van der Waals surface area contributed by atoms with Crippen LogP contribution < -0.4 is 10.2 Å². The lowest BCUT2D eigenvalue weighted by Gasteiger charge is -2.45. The highest BCUT2D eigenvalue weighted by molar-refractivity contribution is 6.23. The zero-order chi connectivity index (χ0) is 27.4. The Labute approximate surface area is 230 Å². The quantitative estimate of drug-likeness (QED) is 0.295. The molecule has 196 valence electrons. The maximum atomic E-state index is 13.9. The van der Waals surface area contributed by atoms with E-state index >= 15 is 0 Å². The molecule has 1 aliphatic heterocycles. The molecule has 4 aromatic rings. The first kappa shape index (κ1) is 24.0. The van der Waals surface area contributed by atoms with Gasteiger partial charge in [-0.1, -0.05) is 66.7 Å². The number of para-hydroxylation sites is 1. The lowest BCUT2D eigenvalue weighted by Crippen LogP contribution is -2.41. The number of anilines is 2. The summed E-state index contributed by atoms with van der Waals surface area (Å²) in [5, 5.41) is 2.66. The summed E-state index contributed by atoms with van der Waals surface area (Å²) >= 11 is 0. The summed E-state index contributed by atoms with van der Waals surface area (Å²) in [6.07, 6.45) is 0. The average molecular weight is 529 g/mol. The van der Waals surface area contributed by atoms with E-state index in [0.717, 1.165) is 22.3 Å². The molecule has 7 heteroatoms. The number of carbonyl (C=O) groups excluding carboxylic acids is 4. The van der Waals surface area contributed by atoms with Crippen LogP contribution in [0.5, 0.6) is 0 Å². The molecule has 0 saturated carbocycles. The van der Waals surface area contributed by atoms with E-state index in [-0.39, 0.29) is 29.2 Å². The second kappa shape index (κ2) is 9.31. The van der Waals surface area contributed by atoms with E-state index in [4.69, 9.17) is 4.74 Å². The van der Waals surface area contributed by atoms with Crippen molar-refractivity contribution in [2.24, 2.45) is 11.8 Å². The number of ether oxygens (including phenoxy) is 1. The molecule has 3 amide bonds. The number of benzene rings is 4. The smallest absolute Gasteiger partial charge is 0.338 e. The van der Waals surface area contributed by atoms with Crippen molar-refractivity contribution in [3.63, 3.8) is 0 Å². The van der Waals surface area contributed by atoms with Crippen molar-refractivity contribution < 1.29 is 23.9 Å². The van der Waals surface area contributed by atoms with Gasteiger partial charge < -0.3 is 10.1 Å². The van der Waals surface area contributed by atoms with Crippen molar-refractivity contribution in [1.82, 2.24) is 0 Å². The zero-order valence-electron chi connectivity index (χ0n) is 21.3. The molecule has 0 aromatic heterocycles. The lowest BCUT2D eigenvalue weighted by molar-refractivity contribution is -0.122. The van der Waals surface area contributed by atoms with Crippen LogP contribution in [0.25, 0.3) is 0 Å². The molecule has 8 rings (SSSR count). The number of hydrogen-bond donors (Lipinski definition) is 1. The van der Waals surface area contributed by atoms with Gasteiger partial charge in [0.2, 0.25) is 11.8 Å². The van der Waals surface area contributed by atoms with Gasteiger partial charge in [0, 0.05) is 17.5 Å². The van der Waals surface area contributed by atoms with Crippen LogP contribution in [0.4, 0.5) is 11.4 Å². The van der Waals surface area contributed by atoms with Gasteiger partial charge in [-0.05, 0) is 58.7 Å². The van der Waals surface area contributed by atoms with Crippen LogP contribution in [0, 0.1) is 11.8 Å². The fraction of sp³-hybridized carbons (Fsp3) is 0.152. The molecule has 1 N–H and O–H groups in total. The molecule has 1 saturated heterocycles. The standard InChI is InChI=1S/C33H24N2O5/c36-26(34-20-8-2-1-3-9-20)18-40-33(39)19-14-16-21(17-15-19)35-31(37)29-27-22-10-4-5-11-23(22)28(30(29)32(35)38)25-13-7-6-12-24(25)27/h1-17,27-30H,18H2,(H,34,36)/t27?,28?,29-,30-/m1/s1. The van der Waals surface area contributed by atoms with Gasteiger partial charge in [-0.3, -0.25) is 14.4 Å². The molecule has 1 fully saturated rings. The Hall–Kier alpha value is -5.04. The number of carbonyl (C=O) groups is 4. The summed E-state index contributed by atoms with van der Waals surface area (Å²) in [6.45, 7) is -0.439. The van der Waals surface area contributed by atoms with Crippen LogP contribution in [-0.2, 0) is 19.1 Å². The van der Waals surface area contributed by atoms with E-state index in [2.05, 4.69) is 29.6 Å². The fourth-order valence-corrected chi connectivity index (χ4v) is 6.61. The molecule has 4 aromatic carbocycles. The molecule has 1 heterocycles. The monoisotopic (exact) mass is 528 g/mol. The summed E-state index contributed by atoms with van der Waals surface area (Å²) in [6, 6.07) is 31.3. The van der Waals surface area contributed by atoms with Crippen molar-refractivity contribution in [1.29, 1.82) is 0 Å². The first-order chi connectivity index (χ1) is 19.5. The van der Waals surface area contributed by atoms with Gasteiger partial charge >= 0.3 is 5.97 Å². The van der Waals surface area contributed by atoms with Gasteiger partial charge in [-0.2, -0.15) is 0 Å². The molecule has 0 radical (unpaired) electrons. The number of nitrogens with zero attached hydrogens (tertiary/aromatic N) is 1. The van der Waals surface area contributed by atoms with Gasteiger partial charge in [0.15, 0.2) is 6.61 Å². The Morgan fingerprint density at radius 3 is 1.62 bits per heavy atom. The Kier molecular flexibility index (Phi) is 5.59. The Balaban J connectivity index is 1.11. The molecular weight excluding hydrogens is 504 g/mol. The molecule has 2 bridgehead atoms. The van der Waals surface area contributed by atoms with E-state index in [9.17, 15) is 19.2 Å². The summed E-state index contributed by atoms with van der Waals surface area (Å²) in [5.74, 6) is -2.88. The van der Waals surface area contributed by atoms with Gasteiger partial charge in [-0.15, -0.1) is 0 Å². The van der Waals surface area contributed by atoms with Crippen molar-refractivity contribution >= 4 is 35.1 Å². The predicted octanol–water partition coefficient (Wildman–Crippen LogP) is 4.88. The number of imide groups is 1. The minimum atomic E-state index is -0.675.